The van der Waals surface area contributed by atoms with Gasteiger partial charge in [-0.05, 0) is 12.1 Å². The summed E-state index contributed by atoms with van der Waals surface area (Å²) in [5, 5.41) is 0. The van der Waals surface area contributed by atoms with E-state index in [9.17, 15) is 0 Å². The van der Waals surface area contributed by atoms with Crippen LogP contribution in [0.5, 0.6) is 0 Å². The maximum Gasteiger partial charge on any atom is 0.235 e. The van der Waals surface area contributed by atoms with Crippen LogP contribution in [0.1, 0.15) is 0 Å². The lowest BCUT2D eigenvalue weighted by atomic mass is 10.1. The van der Waals surface area contributed by atoms with Crippen molar-refractivity contribution in [2.45, 2.75) is 0 Å². The second-order valence-electron chi connectivity index (χ2n) is 4.06. The largest absolute Gasteiger partial charge is 0.275 e. The van der Waals surface area contributed by atoms with Crippen molar-refractivity contribution in [2.75, 3.05) is 0 Å². The van der Waals surface area contributed by atoms with Crippen LogP contribution in [0.15, 0.2) is 54.7 Å². The van der Waals surface area contributed by atoms with Crippen molar-refractivity contribution >= 4 is 16.8 Å². The van der Waals surface area contributed by atoms with Crippen LogP contribution >= 0.6 is 0 Å². The van der Waals surface area contributed by atoms with Gasteiger partial charge in [0.1, 0.15) is 0 Å². The molecule has 0 aliphatic heterocycles. The summed E-state index contributed by atoms with van der Waals surface area (Å²) < 4.78 is 2.09. The highest BCUT2D eigenvalue weighted by atomic mass is 15.1. The summed E-state index contributed by atoms with van der Waals surface area (Å²) in [5.74, 6) is 0.773. The van der Waals surface area contributed by atoms with Gasteiger partial charge in [0.05, 0.1) is 22.9 Å². The zero-order chi connectivity index (χ0) is 11.2. The van der Waals surface area contributed by atoms with Gasteiger partial charge in [0, 0.05) is 5.56 Å². The average Bonchev–Trinajstić information content (AvgIpc) is 2.97. The summed E-state index contributed by atoms with van der Waals surface area (Å²) >= 11 is 0. The Morgan fingerprint density at radius 2 is 1.76 bits per heavy atom. The number of hydrogen-bond donors (Lipinski definition) is 0. The molecule has 3 heterocycles. The van der Waals surface area contributed by atoms with E-state index in [0.717, 1.165) is 28.1 Å². The predicted octanol–water partition coefficient (Wildman–Crippen LogP) is 2.99. The van der Waals surface area contributed by atoms with Crippen LogP contribution in [0.3, 0.4) is 0 Å². The lowest BCUT2D eigenvalue weighted by Crippen LogP contribution is -1.82. The minimum Gasteiger partial charge on any atom is -0.275 e. The molecule has 0 saturated heterocycles. The molecule has 3 aromatic heterocycles. The van der Waals surface area contributed by atoms with Crippen LogP contribution in [0.2, 0.25) is 0 Å². The molecule has 0 unspecified atom stereocenters. The first-order chi connectivity index (χ1) is 8.43. The maximum absolute atomic E-state index is 4.60. The Kier molecular flexibility index (Phi) is 1.56. The second-order valence-corrected chi connectivity index (χ2v) is 4.06. The van der Waals surface area contributed by atoms with Crippen molar-refractivity contribution in [1.29, 1.82) is 0 Å². The fourth-order valence-corrected chi connectivity index (χ4v) is 2.26. The molecule has 0 N–H and O–H groups in total. The van der Waals surface area contributed by atoms with Gasteiger partial charge in [-0.25, -0.2) is 9.97 Å². The summed E-state index contributed by atoms with van der Waals surface area (Å²) in [6.07, 6.45) is 1.85. The normalized spacial score (nSPS) is 11.5. The Morgan fingerprint density at radius 3 is 2.65 bits per heavy atom. The number of pyridine rings is 1. The molecule has 0 aliphatic rings. The number of benzene rings is 1. The molecular formula is C14H9N3. The van der Waals surface area contributed by atoms with Gasteiger partial charge in [-0.1, -0.05) is 36.4 Å². The summed E-state index contributed by atoms with van der Waals surface area (Å²) in [7, 11) is 0. The van der Waals surface area contributed by atoms with Crippen LogP contribution in [-0.4, -0.2) is 14.4 Å². The van der Waals surface area contributed by atoms with Gasteiger partial charge in [-0.3, -0.25) is 4.40 Å². The Hall–Kier alpha value is -2.42. The van der Waals surface area contributed by atoms with Crippen LogP contribution in [-0.2, 0) is 0 Å². The van der Waals surface area contributed by atoms with Crippen molar-refractivity contribution in [1.82, 2.24) is 14.4 Å². The molecule has 17 heavy (non-hydrogen) atoms. The Balaban J connectivity index is 2.15. The third-order valence-electron chi connectivity index (χ3n) is 3.03. The lowest BCUT2D eigenvalue weighted by molar-refractivity contribution is 1.26. The molecular weight excluding hydrogens is 210 g/mol. The van der Waals surface area contributed by atoms with E-state index in [-0.39, 0.29) is 0 Å². The maximum atomic E-state index is 4.60. The zero-order valence-electron chi connectivity index (χ0n) is 9.04. The quantitative estimate of drug-likeness (QED) is 0.492. The first kappa shape index (κ1) is 8.70. The Labute approximate surface area is 97.7 Å². The number of nitrogens with zero attached hydrogens (tertiary/aromatic N) is 3. The van der Waals surface area contributed by atoms with E-state index in [1.165, 1.54) is 0 Å². The summed E-state index contributed by atoms with van der Waals surface area (Å²) in [6, 6.07) is 16.4. The third-order valence-corrected chi connectivity index (χ3v) is 3.03. The minimum atomic E-state index is 0.773. The molecule has 4 aromatic rings. The number of aromatic nitrogens is 3. The van der Waals surface area contributed by atoms with E-state index < -0.39 is 0 Å². The minimum absolute atomic E-state index is 0.773. The monoisotopic (exact) mass is 219 g/mol. The van der Waals surface area contributed by atoms with Gasteiger partial charge in [-0.2, -0.15) is 0 Å². The Morgan fingerprint density at radius 1 is 0.882 bits per heavy atom. The Bertz CT molecular complexity index is 781. The zero-order valence-corrected chi connectivity index (χ0v) is 9.04. The van der Waals surface area contributed by atoms with E-state index in [1.807, 2.05) is 36.5 Å². The van der Waals surface area contributed by atoms with Crippen molar-refractivity contribution in [3.63, 3.8) is 0 Å². The standard InChI is InChI=1S/C14H9N3/c1-2-5-10(6-3-1)13-12-8-4-7-11-9-15-14(16-13)17(11)12/h1-9H. The third kappa shape index (κ3) is 1.11. The van der Waals surface area contributed by atoms with Crippen LogP contribution < -0.4 is 0 Å². The molecule has 0 aliphatic carbocycles. The second kappa shape index (κ2) is 3.04. The molecule has 0 radical (unpaired) electrons. The van der Waals surface area contributed by atoms with Crippen molar-refractivity contribution in [3.05, 3.63) is 54.7 Å². The van der Waals surface area contributed by atoms with Crippen LogP contribution in [0.25, 0.3) is 28.1 Å². The van der Waals surface area contributed by atoms with Gasteiger partial charge in [0.15, 0.2) is 0 Å². The summed E-state index contributed by atoms with van der Waals surface area (Å²) in [6.45, 7) is 0. The number of hydrogen-bond acceptors (Lipinski definition) is 2. The number of imidazole rings is 2. The van der Waals surface area contributed by atoms with E-state index >= 15 is 0 Å². The van der Waals surface area contributed by atoms with E-state index in [4.69, 9.17) is 0 Å². The first-order valence-electron chi connectivity index (χ1n) is 5.54. The SMILES string of the molecule is c1ccc(-c2nc3ncc4cccc2n43)cc1. The topological polar surface area (TPSA) is 30.2 Å². The molecule has 0 saturated carbocycles. The highest BCUT2D eigenvalue weighted by Crippen LogP contribution is 2.26. The van der Waals surface area contributed by atoms with Crippen molar-refractivity contribution in [2.24, 2.45) is 0 Å². The van der Waals surface area contributed by atoms with Crippen molar-refractivity contribution in [3.8, 4) is 11.3 Å². The molecule has 0 spiro atoms. The van der Waals surface area contributed by atoms with Crippen LogP contribution in [0.4, 0.5) is 0 Å². The molecule has 0 atom stereocenters. The first-order valence-corrected chi connectivity index (χ1v) is 5.54. The molecule has 0 fully saturated rings. The van der Waals surface area contributed by atoms with Crippen LogP contribution in [0, 0.1) is 0 Å². The van der Waals surface area contributed by atoms with E-state index in [2.05, 4.69) is 32.6 Å². The predicted molar refractivity (Wildman–Crippen MR) is 67.1 cm³/mol. The molecule has 3 nitrogen and oxygen atoms in total. The van der Waals surface area contributed by atoms with Gasteiger partial charge in [0.2, 0.25) is 5.78 Å². The van der Waals surface area contributed by atoms with Gasteiger partial charge in [0.25, 0.3) is 0 Å². The molecule has 1 aromatic carbocycles. The molecule has 4 rings (SSSR count). The number of rotatable bonds is 1. The smallest absolute Gasteiger partial charge is 0.235 e. The average molecular weight is 219 g/mol. The van der Waals surface area contributed by atoms with E-state index in [1.54, 1.807) is 0 Å². The van der Waals surface area contributed by atoms with Gasteiger partial charge >= 0.3 is 0 Å². The highest BCUT2D eigenvalue weighted by Gasteiger charge is 2.12. The van der Waals surface area contributed by atoms with Gasteiger partial charge < -0.3 is 0 Å². The molecule has 80 valence electrons. The fourth-order valence-electron chi connectivity index (χ4n) is 2.26. The molecule has 3 heteroatoms. The molecule has 0 amide bonds. The summed E-state index contributed by atoms with van der Waals surface area (Å²) in [4.78, 5) is 8.91. The summed E-state index contributed by atoms with van der Waals surface area (Å²) in [5.41, 5.74) is 4.33. The fraction of sp³-hybridized carbons (Fsp3) is 0. The highest BCUT2D eigenvalue weighted by molar-refractivity contribution is 5.83. The molecule has 0 bridgehead atoms. The van der Waals surface area contributed by atoms with E-state index in [0.29, 0.717) is 0 Å². The lowest BCUT2D eigenvalue weighted by Gasteiger charge is -1.98. The van der Waals surface area contributed by atoms with Crippen molar-refractivity contribution < 1.29 is 0 Å². The van der Waals surface area contributed by atoms with Gasteiger partial charge in [-0.15, -0.1) is 0 Å².